The first-order valence-corrected chi connectivity index (χ1v) is 8.70. The van der Waals surface area contributed by atoms with Crippen molar-refractivity contribution in [2.24, 2.45) is 17.8 Å². The molecule has 0 saturated heterocycles. The predicted octanol–water partition coefficient (Wildman–Crippen LogP) is 2.81. The van der Waals surface area contributed by atoms with Gasteiger partial charge in [0, 0.05) is 6.54 Å². The highest BCUT2D eigenvalue weighted by atomic mass is 16.5. The van der Waals surface area contributed by atoms with Gasteiger partial charge in [0.05, 0.1) is 27.8 Å². The van der Waals surface area contributed by atoms with E-state index in [1.165, 1.54) is 25.7 Å². The van der Waals surface area contributed by atoms with Crippen LogP contribution in [0.4, 0.5) is 0 Å². The number of amides is 1. The molecule has 0 aromatic heterocycles. The summed E-state index contributed by atoms with van der Waals surface area (Å²) in [6.07, 6.45) is 5.71. The van der Waals surface area contributed by atoms with Crippen LogP contribution in [0.15, 0.2) is 12.1 Å². The van der Waals surface area contributed by atoms with Crippen molar-refractivity contribution in [3.05, 3.63) is 17.7 Å². The summed E-state index contributed by atoms with van der Waals surface area (Å²) in [6, 6.07) is 3.66. The van der Waals surface area contributed by atoms with Gasteiger partial charge in [-0.2, -0.15) is 0 Å². The molecular formula is C19H27NO4. The minimum atomic E-state index is 0.0482. The lowest BCUT2D eigenvalue weighted by Crippen LogP contribution is -2.32. The minimum absolute atomic E-state index is 0.0482. The van der Waals surface area contributed by atoms with Gasteiger partial charge in [-0.1, -0.05) is 6.42 Å². The number of methoxy groups -OCH3 is 3. The van der Waals surface area contributed by atoms with Crippen LogP contribution in [-0.4, -0.2) is 33.8 Å². The molecule has 132 valence electrons. The molecule has 5 heteroatoms. The summed E-state index contributed by atoms with van der Waals surface area (Å²) >= 11 is 0. The Morgan fingerprint density at radius 3 is 2.29 bits per heavy atom. The van der Waals surface area contributed by atoms with E-state index in [1.807, 2.05) is 12.1 Å². The van der Waals surface area contributed by atoms with Crippen LogP contribution in [0.1, 0.15) is 31.2 Å². The molecule has 2 bridgehead atoms. The first-order chi connectivity index (χ1) is 11.6. The average molecular weight is 333 g/mol. The van der Waals surface area contributed by atoms with E-state index in [-0.39, 0.29) is 5.91 Å². The van der Waals surface area contributed by atoms with Crippen molar-refractivity contribution in [1.82, 2.24) is 5.32 Å². The van der Waals surface area contributed by atoms with E-state index in [9.17, 15) is 4.79 Å². The molecule has 2 saturated carbocycles. The van der Waals surface area contributed by atoms with Crippen LogP contribution in [0, 0.1) is 17.8 Å². The SMILES string of the molecule is COc1cc(CC(=O)NC[C@@H]2C[C@H]3CC[C@H]2C3)cc(OC)c1OC. The molecule has 2 fully saturated rings. The number of fused-ring (bicyclic) bond motifs is 2. The molecule has 24 heavy (non-hydrogen) atoms. The Hall–Kier alpha value is -1.91. The van der Waals surface area contributed by atoms with Crippen molar-refractivity contribution >= 4 is 5.91 Å². The molecule has 0 aliphatic heterocycles. The number of benzene rings is 1. The minimum Gasteiger partial charge on any atom is -0.493 e. The summed E-state index contributed by atoms with van der Waals surface area (Å²) in [5.74, 6) is 4.16. The van der Waals surface area contributed by atoms with E-state index in [2.05, 4.69) is 5.32 Å². The van der Waals surface area contributed by atoms with Crippen LogP contribution in [-0.2, 0) is 11.2 Å². The number of nitrogens with one attached hydrogen (secondary N) is 1. The van der Waals surface area contributed by atoms with Gasteiger partial charge in [0.2, 0.25) is 11.7 Å². The van der Waals surface area contributed by atoms with Gasteiger partial charge in [-0.15, -0.1) is 0 Å². The van der Waals surface area contributed by atoms with Crippen molar-refractivity contribution in [2.75, 3.05) is 27.9 Å². The highest BCUT2D eigenvalue weighted by molar-refractivity contribution is 5.79. The summed E-state index contributed by atoms with van der Waals surface area (Å²) in [5.41, 5.74) is 0.856. The molecule has 1 aromatic rings. The van der Waals surface area contributed by atoms with Gasteiger partial charge in [-0.25, -0.2) is 0 Å². The van der Waals surface area contributed by atoms with Crippen molar-refractivity contribution < 1.29 is 19.0 Å². The number of ether oxygens (including phenoxy) is 3. The summed E-state index contributed by atoms with van der Waals surface area (Å²) < 4.78 is 16.0. The second-order valence-electron chi connectivity index (χ2n) is 6.95. The smallest absolute Gasteiger partial charge is 0.224 e. The highest BCUT2D eigenvalue weighted by Crippen LogP contribution is 2.48. The van der Waals surface area contributed by atoms with Crippen molar-refractivity contribution in [2.45, 2.75) is 32.1 Å². The van der Waals surface area contributed by atoms with Gasteiger partial charge in [-0.3, -0.25) is 4.79 Å². The Kier molecular flexibility index (Phi) is 5.17. The maximum absolute atomic E-state index is 12.3. The Labute approximate surface area is 143 Å². The summed E-state index contributed by atoms with van der Waals surface area (Å²) in [4.78, 5) is 12.3. The number of carbonyl (C=O) groups excluding carboxylic acids is 1. The van der Waals surface area contributed by atoms with Crippen LogP contribution in [0.3, 0.4) is 0 Å². The van der Waals surface area contributed by atoms with E-state index < -0.39 is 0 Å². The monoisotopic (exact) mass is 333 g/mol. The normalized spacial score (nSPS) is 24.7. The fourth-order valence-corrected chi connectivity index (χ4v) is 4.36. The number of hydrogen-bond acceptors (Lipinski definition) is 4. The summed E-state index contributed by atoms with van der Waals surface area (Å²) in [7, 11) is 4.73. The maximum Gasteiger partial charge on any atom is 0.224 e. The van der Waals surface area contributed by atoms with Crippen LogP contribution < -0.4 is 19.5 Å². The number of rotatable bonds is 7. The maximum atomic E-state index is 12.3. The molecule has 1 N–H and O–H groups in total. The first-order valence-electron chi connectivity index (χ1n) is 8.70. The summed E-state index contributed by atoms with van der Waals surface area (Å²) in [6.45, 7) is 0.810. The second kappa shape index (κ2) is 7.32. The van der Waals surface area contributed by atoms with E-state index in [4.69, 9.17) is 14.2 Å². The van der Waals surface area contributed by atoms with Gasteiger partial charge in [0.15, 0.2) is 11.5 Å². The van der Waals surface area contributed by atoms with E-state index in [1.54, 1.807) is 21.3 Å². The van der Waals surface area contributed by atoms with Crippen LogP contribution in [0.25, 0.3) is 0 Å². The van der Waals surface area contributed by atoms with Crippen molar-refractivity contribution in [1.29, 1.82) is 0 Å². The summed E-state index contributed by atoms with van der Waals surface area (Å²) in [5, 5.41) is 3.11. The number of carbonyl (C=O) groups is 1. The van der Waals surface area contributed by atoms with Gasteiger partial charge in [0.1, 0.15) is 0 Å². The van der Waals surface area contributed by atoms with E-state index >= 15 is 0 Å². The molecule has 2 aliphatic rings. The molecule has 0 unspecified atom stereocenters. The topological polar surface area (TPSA) is 56.8 Å². The third-order valence-electron chi connectivity index (χ3n) is 5.54. The zero-order chi connectivity index (χ0) is 17.1. The number of hydrogen-bond donors (Lipinski definition) is 1. The zero-order valence-corrected chi connectivity index (χ0v) is 14.8. The molecule has 0 heterocycles. The third kappa shape index (κ3) is 3.45. The Morgan fingerprint density at radius 1 is 1.08 bits per heavy atom. The van der Waals surface area contributed by atoms with Crippen molar-refractivity contribution in [3.8, 4) is 17.2 Å². The largest absolute Gasteiger partial charge is 0.493 e. The van der Waals surface area contributed by atoms with E-state index in [0.717, 1.165) is 23.9 Å². The molecule has 3 atom stereocenters. The molecule has 3 rings (SSSR count). The van der Waals surface area contributed by atoms with Gasteiger partial charge < -0.3 is 19.5 Å². The van der Waals surface area contributed by atoms with Crippen molar-refractivity contribution in [3.63, 3.8) is 0 Å². The predicted molar refractivity (Wildman–Crippen MR) is 91.7 cm³/mol. The first kappa shape index (κ1) is 16.9. The molecule has 0 radical (unpaired) electrons. The lowest BCUT2D eigenvalue weighted by atomic mass is 9.89. The third-order valence-corrected chi connectivity index (χ3v) is 5.54. The molecule has 1 amide bonds. The molecule has 5 nitrogen and oxygen atoms in total. The van der Waals surface area contributed by atoms with Crippen LogP contribution >= 0.6 is 0 Å². The molecule has 0 spiro atoms. The molecule has 1 aromatic carbocycles. The molecule has 2 aliphatic carbocycles. The quantitative estimate of drug-likeness (QED) is 0.834. The van der Waals surface area contributed by atoms with Gasteiger partial charge in [0.25, 0.3) is 0 Å². The lowest BCUT2D eigenvalue weighted by molar-refractivity contribution is -0.120. The van der Waals surface area contributed by atoms with Crippen LogP contribution in [0.2, 0.25) is 0 Å². The zero-order valence-electron chi connectivity index (χ0n) is 14.8. The standard InChI is InChI=1S/C19H27NO4/c1-22-16-8-13(9-17(23-2)19(16)24-3)10-18(21)20-11-15-7-12-4-5-14(15)6-12/h8-9,12,14-15H,4-7,10-11H2,1-3H3,(H,20,21)/t12-,14-,15-/m0/s1. The Bertz CT molecular complexity index is 576. The Morgan fingerprint density at radius 2 is 1.79 bits per heavy atom. The average Bonchev–Trinajstić information content (AvgIpc) is 3.22. The second-order valence-corrected chi connectivity index (χ2v) is 6.95. The van der Waals surface area contributed by atoms with Crippen LogP contribution in [0.5, 0.6) is 17.2 Å². The highest BCUT2D eigenvalue weighted by Gasteiger charge is 2.39. The lowest BCUT2D eigenvalue weighted by Gasteiger charge is -2.22. The fraction of sp³-hybridized carbons (Fsp3) is 0.632. The van der Waals surface area contributed by atoms with Gasteiger partial charge >= 0.3 is 0 Å². The fourth-order valence-electron chi connectivity index (χ4n) is 4.36. The van der Waals surface area contributed by atoms with Gasteiger partial charge in [-0.05, 0) is 54.7 Å². The Balaban J connectivity index is 1.59. The molecular weight excluding hydrogens is 306 g/mol. The van der Waals surface area contributed by atoms with E-state index in [0.29, 0.717) is 29.6 Å².